The van der Waals surface area contributed by atoms with Gasteiger partial charge < -0.3 is 4.42 Å². The number of carbonyl (C=O) groups is 1. The van der Waals surface area contributed by atoms with Gasteiger partial charge >= 0.3 is 0 Å². The first kappa shape index (κ1) is 17.5. The van der Waals surface area contributed by atoms with Crippen LogP contribution in [0.25, 0.3) is 11.0 Å². The van der Waals surface area contributed by atoms with Crippen LogP contribution in [0.15, 0.2) is 69.5 Å². The number of hydrogen-bond donors (Lipinski definition) is 1. The minimum absolute atomic E-state index is 0.230. The summed E-state index contributed by atoms with van der Waals surface area (Å²) in [6.45, 7) is 1.90. The number of halogens is 1. The normalized spacial score (nSPS) is 11.7. The maximum Gasteiger partial charge on any atom is 0.262 e. The van der Waals surface area contributed by atoms with Crippen LogP contribution >= 0.6 is 22.9 Å². The number of anilines is 1. The molecule has 0 saturated heterocycles. The average molecular weight is 396 g/mol. The summed E-state index contributed by atoms with van der Waals surface area (Å²) in [6.07, 6.45) is 1.63. The molecule has 0 radical (unpaired) electrons. The maximum absolute atomic E-state index is 12.8. The molecule has 4 aromatic rings. The van der Waals surface area contributed by atoms with Gasteiger partial charge in [-0.3, -0.25) is 10.1 Å². The summed E-state index contributed by atoms with van der Waals surface area (Å²) in [5.74, 6) is -0.329. The molecule has 0 aliphatic heterocycles. The summed E-state index contributed by atoms with van der Waals surface area (Å²) in [5.41, 5.74) is 2.78. The molecule has 0 saturated carbocycles. The lowest BCUT2D eigenvalue weighted by atomic mass is 10.1. The summed E-state index contributed by atoms with van der Waals surface area (Å²) < 4.78 is 5.94. The van der Waals surface area contributed by atoms with Crippen LogP contribution in [0.2, 0.25) is 5.02 Å². The van der Waals surface area contributed by atoms with Crippen molar-refractivity contribution in [1.82, 2.24) is 4.98 Å². The molecule has 0 aliphatic rings. The van der Waals surface area contributed by atoms with Gasteiger partial charge in [-0.25, -0.2) is 9.98 Å². The number of thiazole rings is 1. The quantitative estimate of drug-likeness (QED) is 0.509. The highest BCUT2D eigenvalue weighted by Crippen LogP contribution is 2.22. The lowest BCUT2D eigenvalue weighted by Gasteiger charge is -2.06. The highest BCUT2D eigenvalue weighted by Gasteiger charge is 2.14. The number of para-hydroxylation sites is 1. The predicted octanol–water partition coefficient (Wildman–Crippen LogP) is 5.34. The summed E-state index contributed by atoms with van der Waals surface area (Å²) in [5, 5.41) is 6.53. The molecule has 0 bridgehead atoms. The summed E-state index contributed by atoms with van der Waals surface area (Å²) in [6, 6.07) is 14.6. The molecule has 1 N–H and O–H groups in total. The second kappa shape index (κ2) is 7.34. The van der Waals surface area contributed by atoms with Crippen LogP contribution in [0.1, 0.15) is 15.9 Å². The van der Waals surface area contributed by atoms with Gasteiger partial charge in [-0.1, -0.05) is 29.8 Å². The van der Waals surface area contributed by atoms with E-state index in [0.29, 0.717) is 27.0 Å². The van der Waals surface area contributed by atoms with Crippen LogP contribution in [0.4, 0.5) is 10.8 Å². The Morgan fingerprint density at radius 2 is 2.07 bits per heavy atom. The highest BCUT2D eigenvalue weighted by molar-refractivity contribution is 7.13. The van der Waals surface area contributed by atoms with E-state index in [1.807, 2.05) is 37.3 Å². The number of rotatable bonds is 3. The molecule has 0 atom stereocenters. The Kier molecular flexibility index (Phi) is 4.75. The minimum Gasteiger partial charge on any atom is -0.438 e. The third kappa shape index (κ3) is 3.77. The number of nitrogens with one attached hydrogen (secondary N) is 1. The van der Waals surface area contributed by atoms with E-state index < -0.39 is 0 Å². The van der Waals surface area contributed by atoms with Gasteiger partial charge in [0.2, 0.25) is 5.55 Å². The fourth-order valence-electron chi connectivity index (χ4n) is 2.62. The molecule has 0 fully saturated rings. The van der Waals surface area contributed by atoms with Crippen molar-refractivity contribution < 1.29 is 9.21 Å². The zero-order chi connectivity index (χ0) is 18.8. The van der Waals surface area contributed by atoms with Crippen molar-refractivity contribution in [3.63, 3.8) is 0 Å². The Hall–Kier alpha value is -2.96. The second-order valence-corrected chi connectivity index (χ2v) is 7.17. The van der Waals surface area contributed by atoms with E-state index in [1.54, 1.807) is 29.8 Å². The van der Waals surface area contributed by atoms with E-state index in [9.17, 15) is 4.79 Å². The third-order valence-corrected chi connectivity index (χ3v) is 4.86. The number of amides is 1. The molecule has 0 unspecified atom stereocenters. The number of benzene rings is 2. The van der Waals surface area contributed by atoms with Crippen LogP contribution in [0, 0.1) is 6.92 Å². The van der Waals surface area contributed by atoms with Gasteiger partial charge in [0.15, 0.2) is 5.13 Å². The Balaban J connectivity index is 1.89. The van der Waals surface area contributed by atoms with Crippen molar-refractivity contribution >= 4 is 50.6 Å². The van der Waals surface area contributed by atoms with Crippen LogP contribution in [-0.2, 0) is 0 Å². The summed E-state index contributed by atoms with van der Waals surface area (Å²) in [4.78, 5) is 21.5. The zero-order valence-electron chi connectivity index (χ0n) is 14.3. The standard InChI is InChI=1S/C20H14ClN3O2S/c1-12-10-14(21)6-7-16(12)23-19-15(18(25)24-20-22-8-9-27-20)11-13-4-2-3-5-17(13)26-19/h2-11H,1H3,(H,22,24,25). The molecule has 2 aromatic heterocycles. The average Bonchev–Trinajstić information content (AvgIpc) is 3.16. The van der Waals surface area contributed by atoms with Gasteiger partial charge in [0.1, 0.15) is 11.1 Å². The molecule has 0 aliphatic carbocycles. The first-order valence-corrected chi connectivity index (χ1v) is 9.40. The van der Waals surface area contributed by atoms with Crippen molar-refractivity contribution in [3.05, 3.63) is 81.8 Å². The molecular weight excluding hydrogens is 382 g/mol. The van der Waals surface area contributed by atoms with Gasteiger partial charge in [0.05, 0.1) is 5.69 Å². The van der Waals surface area contributed by atoms with Gasteiger partial charge in [-0.05, 0) is 42.8 Å². The van der Waals surface area contributed by atoms with E-state index in [4.69, 9.17) is 16.0 Å². The van der Waals surface area contributed by atoms with Crippen molar-refractivity contribution in [1.29, 1.82) is 0 Å². The molecule has 134 valence electrons. The fourth-order valence-corrected chi connectivity index (χ4v) is 3.37. The summed E-state index contributed by atoms with van der Waals surface area (Å²) in [7, 11) is 0. The first-order chi connectivity index (χ1) is 13.1. The molecule has 2 aromatic carbocycles. The van der Waals surface area contributed by atoms with E-state index in [0.717, 1.165) is 10.9 Å². The molecule has 7 heteroatoms. The Morgan fingerprint density at radius 1 is 1.22 bits per heavy atom. The monoisotopic (exact) mass is 395 g/mol. The van der Waals surface area contributed by atoms with E-state index >= 15 is 0 Å². The maximum atomic E-state index is 12.8. The van der Waals surface area contributed by atoms with Crippen molar-refractivity contribution in [2.75, 3.05) is 5.32 Å². The van der Waals surface area contributed by atoms with Crippen molar-refractivity contribution in [2.24, 2.45) is 4.99 Å². The fraction of sp³-hybridized carbons (Fsp3) is 0.0500. The summed E-state index contributed by atoms with van der Waals surface area (Å²) >= 11 is 7.37. The van der Waals surface area contributed by atoms with Gasteiger partial charge in [-0.2, -0.15) is 0 Å². The van der Waals surface area contributed by atoms with E-state index in [-0.39, 0.29) is 11.5 Å². The number of nitrogens with zero attached hydrogens (tertiary/aromatic N) is 2. The predicted molar refractivity (Wildman–Crippen MR) is 108 cm³/mol. The number of aromatic nitrogens is 1. The molecule has 4 rings (SSSR count). The molecule has 2 heterocycles. The lowest BCUT2D eigenvalue weighted by Crippen LogP contribution is -2.21. The molecular formula is C20H14ClN3O2S. The second-order valence-electron chi connectivity index (χ2n) is 5.84. The SMILES string of the molecule is Cc1cc(Cl)ccc1N=c1oc2ccccc2cc1C(=O)Nc1nccs1. The lowest BCUT2D eigenvalue weighted by molar-refractivity contribution is 0.102. The topological polar surface area (TPSA) is 67.5 Å². The van der Waals surface area contributed by atoms with Crippen molar-refractivity contribution in [2.45, 2.75) is 6.92 Å². The number of fused-ring (bicyclic) bond motifs is 1. The van der Waals surface area contributed by atoms with E-state index in [1.165, 1.54) is 11.3 Å². The number of hydrogen-bond acceptors (Lipinski definition) is 5. The highest BCUT2D eigenvalue weighted by atomic mass is 35.5. The van der Waals surface area contributed by atoms with Gasteiger partial charge in [0.25, 0.3) is 5.91 Å². The van der Waals surface area contributed by atoms with E-state index in [2.05, 4.69) is 15.3 Å². The van der Waals surface area contributed by atoms with Crippen LogP contribution in [0.3, 0.4) is 0 Å². The first-order valence-electron chi connectivity index (χ1n) is 8.15. The molecule has 27 heavy (non-hydrogen) atoms. The zero-order valence-corrected chi connectivity index (χ0v) is 15.8. The van der Waals surface area contributed by atoms with Gasteiger partial charge in [0, 0.05) is 22.0 Å². The van der Waals surface area contributed by atoms with Crippen LogP contribution in [-0.4, -0.2) is 10.9 Å². The third-order valence-electron chi connectivity index (χ3n) is 3.93. The smallest absolute Gasteiger partial charge is 0.262 e. The van der Waals surface area contributed by atoms with Crippen molar-refractivity contribution in [3.8, 4) is 0 Å². The van der Waals surface area contributed by atoms with Gasteiger partial charge in [-0.15, -0.1) is 11.3 Å². The Labute approximate surface area is 164 Å². The number of carbonyl (C=O) groups excluding carboxylic acids is 1. The molecule has 1 amide bonds. The Bertz CT molecular complexity index is 1200. The van der Waals surface area contributed by atoms with Crippen LogP contribution < -0.4 is 10.9 Å². The van der Waals surface area contributed by atoms with Crippen LogP contribution in [0.5, 0.6) is 0 Å². The number of aryl methyl sites for hydroxylation is 1. The minimum atomic E-state index is -0.329. The molecule has 0 spiro atoms. The molecule has 5 nitrogen and oxygen atoms in total. The largest absolute Gasteiger partial charge is 0.438 e. The Morgan fingerprint density at radius 3 is 2.85 bits per heavy atom.